The molecule has 1 aromatic rings. The number of hydrogen-bond donors (Lipinski definition) is 1. The van der Waals surface area contributed by atoms with Gasteiger partial charge in [-0.25, -0.2) is 0 Å². The molecule has 12 heavy (non-hydrogen) atoms. The summed E-state index contributed by atoms with van der Waals surface area (Å²) < 4.78 is 0. The van der Waals surface area contributed by atoms with Crippen LogP contribution in [0.5, 0.6) is 0 Å². The van der Waals surface area contributed by atoms with Crippen LogP contribution in [0.1, 0.15) is 25.1 Å². The molecule has 0 amide bonds. The largest absolute Gasteiger partial charge is 0.364 e. The van der Waals surface area contributed by atoms with Crippen molar-refractivity contribution in [1.29, 1.82) is 0 Å². The highest BCUT2D eigenvalue weighted by Gasteiger charge is 2.18. The molecule has 0 fully saturated rings. The predicted molar refractivity (Wildman–Crippen MR) is 50.0 cm³/mol. The van der Waals surface area contributed by atoms with E-state index in [1.54, 1.807) is 0 Å². The van der Waals surface area contributed by atoms with Crippen molar-refractivity contribution in [2.45, 2.75) is 32.9 Å². The van der Waals surface area contributed by atoms with Gasteiger partial charge in [0.15, 0.2) is 0 Å². The summed E-state index contributed by atoms with van der Waals surface area (Å²) in [7, 11) is 0. The molecule has 66 valence electrons. The molecule has 0 atom stereocenters. The highest BCUT2D eigenvalue weighted by molar-refractivity contribution is 5.23. The fraction of sp³-hybridized carbons (Fsp3) is 0.600. The van der Waals surface area contributed by atoms with E-state index in [0.29, 0.717) is 6.04 Å². The van der Waals surface area contributed by atoms with E-state index in [-0.39, 0.29) is 0 Å². The number of nitrogens with zero attached hydrogens (tertiary/aromatic N) is 1. The summed E-state index contributed by atoms with van der Waals surface area (Å²) in [4.78, 5) is 5.80. The second kappa shape index (κ2) is 2.94. The number of aromatic amines is 1. The van der Waals surface area contributed by atoms with Crippen LogP contribution in [0.4, 0.5) is 0 Å². The third-order valence-corrected chi connectivity index (χ3v) is 2.69. The van der Waals surface area contributed by atoms with Gasteiger partial charge in [-0.3, -0.25) is 4.90 Å². The lowest BCUT2D eigenvalue weighted by Crippen LogP contribution is -2.35. The molecule has 0 saturated heterocycles. The predicted octanol–water partition coefficient (Wildman–Crippen LogP) is 1.78. The molecule has 1 aliphatic heterocycles. The van der Waals surface area contributed by atoms with Gasteiger partial charge < -0.3 is 4.98 Å². The van der Waals surface area contributed by atoms with Gasteiger partial charge in [-0.2, -0.15) is 0 Å². The molecule has 2 nitrogen and oxygen atoms in total. The number of nitrogens with one attached hydrogen (secondary N) is 1. The van der Waals surface area contributed by atoms with Gasteiger partial charge >= 0.3 is 0 Å². The van der Waals surface area contributed by atoms with Gasteiger partial charge in [0.2, 0.25) is 0 Å². The molecule has 0 saturated carbocycles. The van der Waals surface area contributed by atoms with Crippen molar-refractivity contribution in [2.24, 2.45) is 0 Å². The number of hydrogen-bond acceptors (Lipinski definition) is 1. The van der Waals surface area contributed by atoms with E-state index >= 15 is 0 Å². The normalized spacial score (nSPS) is 18.2. The van der Waals surface area contributed by atoms with Crippen LogP contribution in [0, 0.1) is 0 Å². The quantitative estimate of drug-likeness (QED) is 0.670. The first-order valence-corrected chi connectivity index (χ1v) is 4.66. The molecular weight excluding hydrogens is 148 g/mol. The van der Waals surface area contributed by atoms with Gasteiger partial charge in [-0.05, 0) is 31.9 Å². The molecule has 0 bridgehead atoms. The van der Waals surface area contributed by atoms with Crippen LogP contribution in [0.15, 0.2) is 12.3 Å². The van der Waals surface area contributed by atoms with Crippen molar-refractivity contribution in [3.05, 3.63) is 23.5 Å². The maximum Gasteiger partial charge on any atom is 0.0390 e. The van der Waals surface area contributed by atoms with Gasteiger partial charge in [0.25, 0.3) is 0 Å². The smallest absolute Gasteiger partial charge is 0.0390 e. The Bertz CT molecular complexity index is 263. The molecule has 1 N–H and O–H groups in total. The monoisotopic (exact) mass is 164 g/mol. The Morgan fingerprint density at radius 1 is 1.50 bits per heavy atom. The Kier molecular flexibility index (Phi) is 1.93. The van der Waals surface area contributed by atoms with Crippen LogP contribution < -0.4 is 0 Å². The fourth-order valence-electron chi connectivity index (χ4n) is 1.80. The summed E-state index contributed by atoms with van der Waals surface area (Å²) in [6.07, 6.45) is 3.26. The number of rotatable bonds is 1. The zero-order chi connectivity index (χ0) is 8.55. The average Bonchev–Trinajstić information content (AvgIpc) is 2.49. The second-order valence-corrected chi connectivity index (χ2v) is 3.80. The SMILES string of the molecule is CC(C)N1CCc2cc[nH]c2C1. The van der Waals surface area contributed by atoms with E-state index in [9.17, 15) is 0 Å². The minimum Gasteiger partial charge on any atom is -0.364 e. The molecule has 0 spiro atoms. The van der Waals surface area contributed by atoms with E-state index in [0.717, 1.165) is 6.54 Å². The van der Waals surface area contributed by atoms with Crippen LogP contribution in [-0.4, -0.2) is 22.5 Å². The molecule has 0 radical (unpaired) electrons. The molecule has 1 aromatic heterocycles. The Balaban J connectivity index is 2.15. The standard InChI is InChI=1S/C10H16N2/c1-8(2)12-6-4-9-3-5-11-10(9)7-12/h3,5,8,11H,4,6-7H2,1-2H3. The van der Waals surface area contributed by atoms with Crippen molar-refractivity contribution in [3.63, 3.8) is 0 Å². The molecule has 2 heteroatoms. The lowest BCUT2D eigenvalue weighted by molar-refractivity contribution is 0.201. The third kappa shape index (κ3) is 1.27. The topological polar surface area (TPSA) is 19.0 Å². The summed E-state index contributed by atoms with van der Waals surface area (Å²) in [5, 5.41) is 0. The first-order valence-electron chi connectivity index (χ1n) is 4.66. The van der Waals surface area contributed by atoms with Crippen LogP contribution in [0.3, 0.4) is 0 Å². The van der Waals surface area contributed by atoms with Crippen molar-refractivity contribution >= 4 is 0 Å². The maximum absolute atomic E-state index is 3.30. The third-order valence-electron chi connectivity index (χ3n) is 2.69. The van der Waals surface area contributed by atoms with E-state index in [2.05, 4.69) is 36.0 Å². The number of aromatic nitrogens is 1. The molecule has 1 aliphatic rings. The Morgan fingerprint density at radius 2 is 2.33 bits per heavy atom. The first kappa shape index (κ1) is 7.87. The zero-order valence-electron chi connectivity index (χ0n) is 7.80. The number of fused-ring (bicyclic) bond motifs is 1. The summed E-state index contributed by atoms with van der Waals surface area (Å²) in [6, 6.07) is 2.87. The lowest BCUT2D eigenvalue weighted by Gasteiger charge is -2.30. The summed E-state index contributed by atoms with van der Waals surface area (Å²) in [6.45, 7) is 6.82. The van der Waals surface area contributed by atoms with E-state index in [1.165, 1.54) is 24.2 Å². The molecule has 2 heterocycles. The van der Waals surface area contributed by atoms with E-state index < -0.39 is 0 Å². The van der Waals surface area contributed by atoms with Gasteiger partial charge in [0.1, 0.15) is 0 Å². The maximum atomic E-state index is 3.30. The lowest BCUT2D eigenvalue weighted by atomic mass is 10.1. The Labute approximate surface area is 73.6 Å². The highest BCUT2D eigenvalue weighted by Crippen LogP contribution is 2.18. The minimum atomic E-state index is 0.668. The Morgan fingerprint density at radius 3 is 3.08 bits per heavy atom. The summed E-state index contributed by atoms with van der Waals surface area (Å²) in [5.41, 5.74) is 2.92. The van der Waals surface area contributed by atoms with Crippen molar-refractivity contribution in [2.75, 3.05) is 6.54 Å². The molecule has 0 unspecified atom stereocenters. The second-order valence-electron chi connectivity index (χ2n) is 3.80. The highest BCUT2D eigenvalue weighted by atomic mass is 15.2. The molecule has 2 rings (SSSR count). The van der Waals surface area contributed by atoms with Crippen LogP contribution in [0.25, 0.3) is 0 Å². The first-order chi connectivity index (χ1) is 5.77. The van der Waals surface area contributed by atoms with Crippen LogP contribution in [-0.2, 0) is 13.0 Å². The van der Waals surface area contributed by atoms with Crippen LogP contribution in [0.2, 0.25) is 0 Å². The average molecular weight is 164 g/mol. The van der Waals surface area contributed by atoms with Gasteiger partial charge in [0.05, 0.1) is 0 Å². The summed E-state index contributed by atoms with van der Waals surface area (Å²) in [5.74, 6) is 0. The molecular formula is C10H16N2. The van der Waals surface area contributed by atoms with Gasteiger partial charge in [0, 0.05) is 31.0 Å². The van der Waals surface area contributed by atoms with Crippen molar-refractivity contribution in [1.82, 2.24) is 9.88 Å². The van der Waals surface area contributed by atoms with Gasteiger partial charge in [-0.1, -0.05) is 0 Å². The van der Waals surface area contributed by atoms with Crippen LogP contribution >= 0.6 is 0 Å². The van der Waals surface area contributed by atoms with Gasteiger partial charge in [-0.15, -0.1) is 0 Å². The number of H-pyrrole nitrogens is 1. The van der Waals surface area contributed by atoms with E-state index in [4.69, 9.17) is 0 Å². The minimum absolute atomic E-state index is 0.668. The van der Waals surface area contributed by atoms with E-state index in [1.807, 2.05) is 0 Å². The summed E-state index contributed by atoms with van der Waals surface area (Å²) >= 11 is 0. The fourth-order valence-corrected chi connectivity index (χ4v) is 1.80. The van der Waals surface area contributed by atoms with Crippen molar-refractivity contribution in [3.8, 4) is 0 Å². The molecule has 0 aliphatic carbocycles. The molecule has 0 aromatic carbocycles. The zero-order valence-corrected chi connectivity index (χ0v) is 7.80. The Hall–Kier alpha value is -0.760. The van der Waals surface area contributed by atoms with Crippen molar-refractivity contribution < 1.29 is 0 Å².